The maximum Gasteiger partial charge on any atom is 0.343 e. The first kappa shape index (κ1) is 30.9. The molecule has 3 aromatic carbocycles. The highest BCUT2D eigenvalue weighted by Crippen LogP contribution is 2.30. The Labute approximate surface area is 240 Å². The van der Waals surface area contributed by atoms with Crippen molar-refractivity contribution in [2.45, 2.75) is 27.7 Å². The molecule has 2 amide bonds. The highest BCUT2D eigenvalue weighted by atomic mass is 16.6. The number of carbonyl (C=O) groups is 4. The maximum atomic E-state index is 12.8. The second kappa shape index (κ2) is 13.2. The first-order valence-corrected chi connectivity index (χ1v) is 12.4. The van der Waals surface area contributed by atoms with Crippen LogP contribution in [0.15, 0.2) is 65.8 Å². The molecule has 42 heavy (non-hydrogen) atoms. The van der Waals surface area contributed by atoms with E-state index in [9.17, 15) is 29.3 Å². The Bertz CT molecular complexity index is 1560. The number of methoxy groups -OCH3 is 1. The molecular formula is C29H28N4O9. The molecule has 0 saturated heterocycles. The number of nitro groups is 1. The smallest absolute Gasteiger partial charge is 0.343 e. The number of benzene rings is 3. The largest absolute Gasteiger partial charge is 0.493 e. The third kappa shape index (κ3) is 8.21. The molecule has 0 aliphatic rings. The summed E-state index contributed by atoms with van der Waals surface area (Å²) in [6.45, 7) is 6.54. The molecule has 0 fully saturated rings. The van der Waals surface area contributed by atoms with Gasteiger partial charge in [-0.2, -0.15) is 5.10 Å². The Morgan fingerprint density at radius 2 is 1.52 bits per heavy atom. The number of nitro benzene ring substituents is 1. The Morgan fingerprint density at radius 3 is 2.12 bits per heavy atom. The first-order chi connectivity index (χ1) is 19.8. The first-order valence-electron chi connectivity index (χ1n) is 12.4. The average Bonchev–Trinajstić information content (AvgIpc) is 2.93. The molecule has 3 aromatic rings. The summed E-state index contributed by atoms with van der Waals surface area (Å²) in [4.78, 5) is 59.5. The Morgan fingerprint density at radius 1 is 0.881 bits per heavy atom. The van der Waals surface area contributed by atoms with Crippen LogP contribution in [0.1, 0.15) is 54.0 Å². The number of nitrogens with zero attached hydrogens (tertiary/aromatic N) is 2. The number of hydrogen-bond donors (Lipinski definition) is 2. The lowest BCUT2D eigenvalue weighted by Gasteiger charge is -2.17. The summed E-state index contributed by atoms with van der Waals surface area (Å²) in [6.07, 6.45) is 1.09. The van der Waals surface area contributed by atoms with Crippen LogP contribution in [0.5, 0.6) is 17.2 Å². The number of ether oxygens (including phenoxy) is 3. The van der Waals surface area contributed by atoms with Crippen LogP contribution < -0.4 is 25.0 Å². The average molecular weight is 577 g/mol. The SMILES string of the molecule is COc1cc(C(=O)Oc2ccc([N+](=O)[O-])cc2/C=N/NC(=O)c2ccc(NC(=O)C(C)(C)C)cc2)ccc1OC(C)=O. The number of amides is 2. The van der Waals surface area contributed by atoms with E-state index in [0.29, 0.717) is 5.69 Å². The van der Waals surface area contributed by atoms with E-state index >= 15 is 0 Å². The van der Waals surface area contributed by atoms with Gasteiger partial charge in [-0.05, 0) is 48.5 Å². The molecule has 0 saturated carbocycles. The summed E-state index contributed by atoms with van der Waals surface area (Å²) in [5, 5.41) is 17.9. The molecule has 13 heteroatoms. The van der Waals surface area contributed by atoms with Crippen LogP contribution in [0, 0.1) is 15.5 Å². The van der Waals surface area contributed by atoms with E-state index in [1.807, 2.05) is 0 Å². The number of nitrogens with one attached hydrogen (secondary N) is 2. The molecule has 13 nitrogen and oxygen atoms in total. The second-order valence-corrected chi connectivity index (χ2v) is 9.81. The zero-order chi connectivity index (χ0) is 31.0. The molecule has 0 spiro atoms. The van der Waals surface area contributed by atoms with E-state index in [0.717, 1.165) is 18.3 Å². The minimum atomic E-state index is -0.839. The van der Waals surface area contributed by atoms with Gasteiger partial charge in [-0.3, -0.25) is 24.5 Å². The van der Waals surface area contributed by atoms with Gasteiger partial charge in [0.2, 0.25) is 5.91 Å². The third-order valence-electron chi connectivity index (χ3n) is 5.52. The standard InChI is InChI=1S/C29H28N4O9/c1-17(34)41-24-12-8-19(15-25(24)40-5)27(36)42-23-13-11-22(33(38)39)14-20(23)16-30-32-26(35)18-6-9-21(10-7-18)31-28(37)29(2,3)4/h6-16H,1-5H3,(H,31,37)(H,32,35)/b30-16+. The van der Waals surface area contributed by atoms with Gasteiger partial charge >= 0.3 is 11.9 Å². The van der Waals surface area contributed by atoms with Gasteiger partial charge in [-0.25, -0.2) is 10.2 Å². The molecule has 0 radical (unpaired) electrons. The van der Waals surface area contributed by atoms with Crippen molar-refractivity contribution < 1.29 is 38.3 Å². The van der Waals surface area contributed by atoms with E-state index < -0.39 is 28.2 Å². The highest BCUT2D eigenvalue weighted by molar-refractivity contribution is 5.98. The molecule has 3 rings (SSSR count). The molecule has 0 atom stereocenters. The maximum absolute atomic E-state index is 12.8. The summed E-state index contributed by atoms with van der Waals surface area (Å²) in [5.41, 5.74) is 2.23. The van der Waals surface area contributed by atoms with Gasteiger partial charge in [-0.1, -0.05) is 20.8 Å². The number of hydrazone groups is 1. The van der Waals surface area contributed by atoms with Crippen LogP contribution in [0.3, 0.4) is 0 Å². The summed E-state index contributed by atoms with van der Waals surface area (Å²) in [5.74, 6) is -2.06. The minimum absolute atomic E-state index is 0.0292. The number of non-ortho nitro benzene ring substituents is 1. The Balaban J connectivity index is 1.76. The van der Waals surface area contributed by atoms with Gasteiger partial charge in [0, 0.05) is 41.3 Å². The van der Waals surface area contributed by atoms with Crippen molar-refractivity contribution in [3.8, 4) is 17.2 Å². The van der Waals surface area contributed by atoms with Crippen LogP contribution in [-0.2, 0) is 9.59 Å². The van der Waals surface area contributed by atoms with Crippen LogP contribution in [0.4, 0.5) is 11.4 Å². The van der Waals surface area contributed by atoms with Crippen molar-refractivity contribution in [2.75, 3.05) is 12.4 Å². The van der Waals surface area contributed by atoms with Gasteiger partial charge in [0.25, 0.3) is 11.6 Å². The molecule has 2 N–H and O–H groups in total. The van der Waals surface area contributed by atoms with Crippen molar-refractivity contribution in [1.82, 2.24) is 5.43 Å². The van der Waals surface area contributed by atoms with Crippen molar-refractivity contribution in [3.05, 3.63) is 87.5 Å². The normalized spacial score (nSPS) is 11.0. The quantitative estimate of drug-likeness (QED) is 0.122. The van der Waals surface area contributed by atoms with E-state index in [2.05, 4.69) is 15.8 Å². The number of anilines is 1. The van der Waals surface area contributed by atoms with E-state index in [-0.39, 0.29) is 45.5 Å². The lowest BCUT2D eigenvalue weighted by molar-refractivity contribution is -0.384. The van der Waals surface area contributed by atoms with Gasteiger partial charge in [0.15, 0.2) is 11.5 Å². The zero-order valence-corrected chi connectivity index (χ0v) is 23.4. The summed E-state index contributed by atoms with van der Waals surface area (Å²) >= 11 is 0. The molecule has 218 valence electrons. The Kier molecular flexibility index (Phi) is 9.71. The molecule has 0 unspecified atom stereocenters. The van der Waals surface area contributed by atoms with Gasteiger partial charge in [0.05, 0.1) is 23.8 Å². The molecule has 0 aromatic heterocycles. The second-order valence-electron chi connectivity index (χ2n) is 9.81. The monoisotopic (exact) mass is 576 g/mol. The van der Waals surface area contributed by atoms with Gasteiger partial charge in [-0.15, -0.1) is 0 Å². The summed E-state index contributed by atoms with van der Waals surface area (Å²) in [7, 11) is 1.33. The predicted molar refractivity (Wildman–Crippen MR) is 152 cm³/mol. The van der Waals surface area contributed by atoms with Crippen LogP contribution in [0.2, 0.25) is 0 Å². The summed E-state index contributed by atoms with van der Waals surface area (Å²) < 4.78 is 15.6. The summed E-state index contributed by atoms with van der Waals surface area (Å²) in [6, 6.07) is 13.6. The van der Waals surface area contributed by atoms with Crippen LogP contribution in [0.25, 0.3) is 0 Å². The van der Waals surface area contributed by atoms with E-state index in [1.165, 1.54) is 50.4 Å². The molecule has 0 aliphatic heterocycles. The van der Waals surface area contributed by atoms with Crippen molar-refractivity contribution >= 4 is 41.3 Å². The minimum Gasteiger partial charge on any atom is -0.493 e. The number of esters is 2. The number of hydrogen-bond acceptors (Lipinski definition) is 10. The van der Waals surface area contributed by atoms with Crippen molar-refractivity contribution in [2.24, 2.45) is 10.5 Å². The van der Waals surface area contributed by atoms with E-state index in [4.69, 9.17) is 14.2 Å². The molecule has 0 heterocycles. The van der Waals surface area contributed by atoms with Crippen molar-refractivity contribution in [1.29, 1.82) is 0 Å². The lowest BCUT2D eigenvalue weighted by Crippen LogP contribution is -2.27. The Hall–Kier alpha value is -5.59. The van der Waals surface area contributed by atoms with Gasteiger partial charge < -0.3 is 19.5 Å². The fourth-order valence-electron chi connectivity index (χ4n) is 3.28. The predicted octanol–water partition coefficient (Wildman–Crippen LogP) is 4.50. The molecule has 0 aliphatic carbocycles. The van der Waals surface area contributed by atoms with Crippen LogP contribution >= 0.6 is 0 Å². The van der Waals surface area contributed by atoms with Gasteiger partial charge in [0.1, 0.15) is 5.75 Å². The molecule has 0 bridgehead atoms. The number of carbonyl (C=O) groups excluding carboxylic acids is 4. The van der Waals surface area contributed by atoms with E-state index in [1.54, 1.807) is 32.9 Å². The zero-order valence-electron chi connectivity index (χ0n) is 23.4. The fraction of sp³-hybridized carbons (Fsp3) is 0.207. The third-order valence-corrected chi connectivity index (χ3v) is 5.52. The topological polar surface area (TPSA) is 176 Å². The fourth-order valence-corrected chi connectivity index (χ4v) is 3.28. The lowest BCUT2D eigenvalue weighted by atomic mass is 9.95. The number of rotatable bonds is 9. The molecular weight excluding hydrogens is 548 g/mol. The highest BCUT2D eigenvalue weighted by Gasteiger charge is 2.21. The van der Waals surface area contributed by atoms with Crippen LogP contribution in [-0.4, -0.2) is 42.0 Å². The van der Waals surface area contributed by atoms with Crippen molar-refractivity contribution in [3.63, 3.8) is 0 Å².